The molecule has 0 aliphatic heterocycles. The fourth-order valence-corrected chi connectivity index (χ4v) is 5.94. The van der Waals surface area contributed by atoms with Crippen LogP contribution in [0.15, 0.2) is 59.3 Å². The molecule has 1 amide bonds. The van der Waals surface area contributed by atoms with E-state index in [4.69, 9.17) is 11.6 Å². The molecule has 0 unspecified atom stereocenters. The third-order valence-electron chi connectivity index (χ3n) is 5.69. The predicted molar refractivity (Wildman–Crippen MR) is 136 cm³/mol. The molecule has 3 heterocycles. The molecule has 34 heavy (non-hydrogen) atoms. The smallest absolute Gasteiger partial charge is 0.270 e. The van der Waals surface area contributed by atoms with Crippen molar-refractivity contribution >= 4 is 40.6 Å². The van der Waals surface area contributed by atoms with Crippen LogP contribution in [0.3, 0.4) is 0 Å². The maximum atomic E-state index is 12.6. The van der Waals surface area contributed by atoms with Gasteiger partial charge < -0.3 is 5.32 Å². The molecule has 3 aromatic heterocycles. The molecule has 7 nitrogen and oxygen atoms in total. The van der Waals surface area contributed by atoms with E-state index in [9.17, 15) is 4.79 Å². The van der Waals surface area contributed by atoms with E-state index in [0.717, 1.165) is 34.3 Å². The van der Waals surface area contributed by atoms with Crippen molar-refractivity contribution in [1.29, 1.82) is 0 Å². The Balaban J connectivity index is 1.34. The van der Waals surface area contributed by atoms with Gasteiger partial charge in [-0.15, -0.1) is 21.5 Å². The summed E-state index contributed by atoms with van der Waals surface area (Å²) < 4.78 is 1.98. The third kappa shape index (κ3) is 5.32. The van der Waals surface area contributed by atoms with Crippen LogP contribution in [0.2, 0.25) is 5.02 Å². The Labute approximate surface area is 211 Å². The quantitative estimate of drug-likeness (QED) is 0.316. The van der Waals surface area contributed by atoms with Gasteiger partial charge in [0.15, 0.2) is 11.0 Å². The summed E-state index contributed by atoms with van der Waals surface area (Å²) in [4.78, 5) is 21.3. The Morgan fingerprint density at radius 2 is 1.97 bits per heavy atom. The van der Waals surface area contributed by atoms with E-state index in [1.54, 1.807) is 12.4 Å². The number of hydrogen-bond donors (Lipinski definition) is 1. The van der Waals surface area contributed by atoms with Gasteiger partial charge in [-0.25, -0.2) is 4.98 Å². The third-order valence-corrected chi connectivity index (χ3v) is 7.89. The van der Waals surface area contributed by atoms with E-state index in [1.165, 1.54) is 42.4 Å². The maximum absolute atomic E-state index is 12.6. The lowest BCUT2D eigenvalue weighted by Crippen LogP contribution is -2.36. The van der Waals surface area contributed by atoms with E-state index in [-0.39, 0.29) is 11.9 Å². The van der Waals surface area contributed by atoms with Crippen molar-refractivity contribution in [2.24, 2.45) is 0 Å². The van der Waals surface area contributed by atoms with Gasteiger partial charge in [0.1, 0.15) is 10.7 Å². The van der Waals surface area contributed by atoms with Crippen molar-refractivity contribution < 1.29 is 4.79 Å². The molecule has 0 spiro atoms. The van der Waals surface area contributed by atoms with Crippen molar-refractivity contribution in [3.8, 4) is 17.1 Å². The normalized spacial score (nSPS) is 14.3. The van der Waals surface area contributed by atoms with Crippen LogP contribution in [0, 0.1) is 0 Å². The highest BCUT2D eigenvalue weighted by Crippen LogP contribution is 2.31. The summed E-state index contributed by atoms with van der Waals surface area (Å²) in [5.41, 5.74) is 2.27. The second kappa shape index (κ2) is 10.7. The lowest BCUT2D eigenvalue weighted by atomic mass is 9.95. The highest BCUT2D eigenvalue weighted by molar-refractivity contribution is 7.98. The summed E-state index contributed by atoms with van der Waals surface area (Å²) in [6.45, 7) is 0. The lowest BCUT2D eigenvalue weighted by molar-refractivity contribution is 0.0923. The number of pyridine rings is 1. The van der Waals surface area contributed by atoms with Gasteiger partial charge in [-0.05, 0) is 43.2 Å². The van der Waals surface area contributed by atoms with Gasteiger partial charge in [0, 0.05) is 34.4 Å². The SMILES string of the molecule is O=C(NC1CCCCC1)c1csc(CSc2nnc(-c3ccncc3)n2-c2cccc(Cl)c2)n1. The molecule has 10 heteroatoms. The van der Waals surface area contributed by atoms with Crippen molar-refractivity contribution in [2.75, 3.05) is 0 Å². The number of benzene rings is 1. The number of nitrogens with zero attached hydrogens (tertiary/aromatic N) is 5. The number of nitrogens with one attached hydrogen (secondary N) is 1. The molecule has 1 aromatic carbocycles. The average Bonchev–Trinajstić information content (AvgIpc) is 3.51. The molecular weight excluding hydrogens is 488 g/mol. The summed E-state index contributed by atoms with van der Waals surface area (Å²) in [5, 5.41) is 16.1. The largest absolute Gasteiger partial charge is 0.348 e. The van der Waals surface area contributed by atoms with Crippen LogP contribution in [-0.2, 0) is 5.75 Å². The highest BCUT2D eigenvalue weighted by Gasteiger charge is 2.20. The number of rotatable bonds is 7. The maximum Gasteiger partial charge on any atom is 0.270 e. The number of amides is 1. The highest BCUT2D eigenvalue weighted by atomic mass is 35.5. The zero-order chi connectivity index (χ0) is 23.3. The number of aromatic nitrogens is 5. The topological polar surface area (TPSA) is 85.6 Å². The molecule has 1 aliphatic rings. The number of thioether (sulfide) groups is 1. The van der Waals surface area contributed by atoms with Crippen LogP contribution in [0.4, 0.5) is 0 Å². The number of halogens is 1. The first-order valence-corrected chi connectivity index (χ1v) is 13.4. The zero-order valence-corrected chi connectivity index (χ0v) is 20.7. The Hall–Kier alpha value is -2.75. The molecule has 0 saturated heterocycles. The summed E-state index contributed by atoms with van der Waals surface area (Å²) in [6, 6.07) is 11.7. The fraction of sp³-hybridized carbons (Fsp3) is 0.292. The minimum atomic E-state index is -0.0820. The minimum absolute atomic E-state index is 0.0820. The van der Waals surface area contributed by atoms with Crippen LogP contribution < -0.4 is 5.32 Å². The summed E-state index contributed by atoms with van der Waals surface area (Å²) in [6.07, 6.45) is 9.18. The van der Waals surface area contributed by atoms with Gasteiger partial charge >= 0.3 is 0 Å². The number of hydrogen-bond acceptors (Lipinski definition) is 7. The minimum Gasteiger partial charge on any atom is -0.348 e. The second-order valence-electron chi connectivity index (χ2n) is 8.08. The Morgan fingerprint density at radius 3 is 2.76 bits per heavy atom. The van der Waals surface area contributed by atoms with Gasteiger partial charge in [-0.3, -0.25) is 14.3 Å². The number of thiazole rings is 1. The Morgan fingerprint density at radius 1 is 1.15 bits per heavy atom. The molecule has 0 atom stereocenters. The summed E-state index contributed by atoms with van der Waals surface area (Å²) in [5.74, 6) is 1.21. The Bertz CT molecular complexity index is 1270. The monoisotopic (exact) mass is 510 g/mol. The lowest BCUT2D eigenvalue weighted by Gasteiger charge is -2.22. The fourth-order valence-electron chi connectivity index (χ4n) is 4.01. The van der Waals surface area contributed by atoms with E-state index in [2.05, 4.69) is 25.5 Å². The predicted octanol–water partition coefficient (Wildman–Crippen LogP) is 5.79. The summed E-state index contributed by atoms with van der Waals surface area (Å²) in [7, 11) is 0. The van der Waals surface area contributed by atoms with Gasteiger partial charge in [0.2, 0.25) is 0 Å². The molecular formula is C24H23ClN6OS2. The molecule has 1 fully saturated rings. The number of carbonyl (C=O) groups is 1. The van der Waals surface area contributed by atoms with Crippen molar-refractivity contribution in [1.82, 2.24) is 30.0 Å². The van der Waals surface area contributed by atoms with E-state index < -0.39 is 0 Å². The van der Waals surface area contributed by atoms with Gasteiger partial charge in [0.25, 0.3) is 5.91 Å². The molecule has 4 aromatic rings. The van der Waals surface area contributed by atoms with Gasteiger partial charge in [0.05, 0.1) is 11.4 Å². The van der Waals surface area contributed by atoms with Crippen LogP contribution in [0.25, 0.3) is 17.1 Å². The van der Waals surface area contributed by atoms with Crippen LogP contribution in [-0.4, -0.2) is 36.7 Å². The standard InChI is InChI=1S/C24H23ClN6OS2/c25-17-5-4-8-19(13-17)31-22(16-9-11-26-12-10-16)29-30-24(31)34-15-21-28-20(14-33-21)23(32)27-18-6-2-1-3-7-18/h4-5,8-14,18H,1-3,6-7,15H2,(H,27,32). The second-order valence-corrected chi connectivity index (χ2v) is 10.4. The first kappa shape index (κ1) is 23.0. The van der Waals surface area contributed by atoms with Crippen molar-refractivity contribution in [3.63, 3.8) is 0 Å². The van der Waals surface area contributed by atoms with E-state index in [0.29, 0.717) is 22.3 Å². The first-order chi connectivity index (χ1) is 16.7. The number of carbonyl (C=O) groups excluding carboxylic acids is 1. The molecule has 1 aliphatic carbocycles. The molecule has 1 N–H and O–H groups in total. The van der Waals surface area contributed by atoms with Gasteiger partial charge in [-0.2, -0.15) is 0 Å². The molecule has 5 rings (SSSR count). The van der Waals surface area contributed by atoms with Crippen molar-refractivity contribution in [3.05, 3.63) is 69.9 Å². The first-order valence-electron chi connectivity index (χ1n) is 11.2. The zero-order valence-electron chi connectivity index (χ0n) is 18.4. The van der Waals surface area contributed by atoms with E-state index >= 15 is 0 Å². The molecule has 174 valence electrons. The molecule has 1 saturated carbocycles. The van der Waals surface area contributed by atoms with E-state index in [1.807, 2.05) is 46.3 Å². The summed E-state index contributed by atoms with van der Waals surface area (Å²) >= 11 is 9.28. The van der Waals surface area contributed by atoms with Gasteiger partial charge in [-0.1, -0.05) is 48.7 Å². The average molecular weight is 511 g/mol. The van der Waals surface area contributed by atoms with Crippen LogP contribution >= 0.6 is 34.7 Å². The van der Waals surface area contributed by atoms with Crippen molar-refractivity contribution in [2.45, 2.75) is 49.1 Å². The molecule has 0 radical (unpaired) electrons. The molecule has 0 bridgehead atoms. The van der Waals surface area contributed by atoms with Crippen LogP contribution in [0.1, 0.15) is 47.6 Å². The van der Waals surface area contributed by atoms with Crippen LogP contribution in [0.5, 0.6) is 0 Å². The Kier molecular flexibility index (Phi) is 7.22.